The number of aliphatic hydroxyl groups excluding tert-OH is 6. The Bertz CT molecular complexity index is 1100. The molecule has 21 nitrogen and oxygen atoms in total. The normalized spacial score (nSPS) is 8.35. The summed E-state index contributed by atoms with van der Waals surface area (Å²) < 4.78 is 5.15. The second-order valence-electron chi connectivity index (χ2n) is 9.01. The molecule has 21 heteroatoms. The van der Waals surface area contributed by atoms with Crippen LogP contribution in [-0.4, -0.2) is 151 Å². The van der Waals surface area contributed by atoms with E-state index in [1.54, 1.807) is 0 Å². The molecular formula is C34H52N2O19. The van der Waals surface area contributed by atoms with Crippen molar-refractivity contribution < 1.29 is 94.5 Å². The van der Waals surface area contributed by atoms with E-state index in [0.717, 1.165) is 42.5 Å². The zero-order chi connectivity index (χ0) is 45.3. The molecular weight excluding hydrogens is 740 g/mol. The smallest absolute Gasteiger partial charge is 0.327 e. The van der Waals surface area contributed by atoms with Gasteiger partial charge in [0.15, 0.2) is 0 Å². The van der Waals surface area contributed by atoms with Gasteiger partial charge >= 0.3 is 29.8 Å². The number of carboxylic acids is 5. The molecule has 0 aliphatic rings. The number of rotatable bonds is 15. The minimum atomic E-state index is -1.16. The fourth-order valence-electron chi connectivity index (χ4n) is 1.59. The maximum absolute atomic E-state index is 9.25. The number of hydrogen-bond acceptors (Lipinski definition) is 16. The molecule has 1 rings (SSSR count). The van der Waals surface area contributed by atoms with Crippen LogP contribution in [0.2, 0.25) is 0 Å². The molecule has 0 fully saturated rings. The quantitative estimate of drug-likeness (QED) is 0.0632. The van der Waals surface area contributed by atoms with E-state index in [4.69, 9.17) is 81.3 Å². The number of carbonyl (C=O) groups is 5. The largest absolute Gasteiger partial charge is 0.478 e. The maximum Gasteiger partial charge on any atom is 0.327 e. The minimum Gasteiger partial charge on any atom is -0.478 e. The summed E-state index contributed by atoms with van der Waals surface area (Å²) in [7, 11) is 0. The van der Waals surface area contributed by atoms with Crippen LogP contribution in [0.3, 0.4) is 0 Å². The van der Waals surface area contributed by atoms with Gasteiger partial charge in [0.2, 0.25) is 12.2 Å². The first-order valence-electron chi connectivity index (χ1n) is 14.2. The van der Waals surface area contributed by atoms with Crippen LogP contribution in [0.25, 0.3) is 0 Å². The summed E-state index contributed by atoms with van der Waals surface area (Å²) in [4.78, 5) is 62.9. The summed E-state index contributed by atoms with van der Waals surface area (Å²) in [5, 5.41) is 103. The molecule has 0 unspecified atom stereocenters. The van der Waals surface area contributed by atoms with E-state index >= 15 is 0 Å². The molecule has 0 amide bonds. The fraction of sp³-hybridized carbons (Fsp3) is 0.324. The molecule has 55 heavy (non-hydrogen) atoms. The SMILES string of the molecule is C=CC(=O)O.C=CC(=O)O.C=CC(=O)O.C=CC(=O)O.C=CC(=O)O.Cc1ccccc1.N=C=O.N=C=O.OCC(CO)(CO)COCC(CO)(CO)CO. The van der Waals surface area contributed by atoms with Crippen LogP contribution in [0.15, 0.2) is 93.6 Å². The highest BCUT2D eigenvalue weighted by Gasteiger charge is 2.32. The number of aryl methyl sites for hydroxylation is 1. The molecule has 1 aromatic rings. The molecule has 0 aliphatic heterocycles. The lowest BCUT2D eigenvalue weighted by atomic mass is 9.91. The number of aliphatic carboxylic acids is 5. The summed E-state index contributed by atoms with van der Waals surface area (Å²) in [5.74, 6) is -4.91. The summed E-state index contributed by atoms with van der Waals surface area (Å²) in [6.07, 6.45) is 5.67. The van der Waals surface area contributed by atoms with E-state index in [9.17, 15) is 24.0 Å². The van der Waals surface area contributed by atoms with E-state index in [-0.39, 0.29) is 13.2 Å². The topological polar surface area (TPSA) is 399 Å². The van der Waals surface area contributed by atoms with Crippen molar-refractivity contribution in [2.24, 2.45) is 10.8 Å². The zero-order valence-electron chi connectivity index (χ0n) is 30.2. The Labute approximate surface area is 317 Å². The second kappa shape index (κ2) is 52.1. The highest BCUT2D eigenvalue weighted by molar-refractivity contribution is 5.80. The molecule has 0 heterocycles. The molecule has 0 atom stereocenters. The van der Waals surface area contributed by atoms with Crippen molar-refractivity contribution in [1.82, 2.24) is 0 Å². The average Bonchev–Trinajstić information content (AvgIpc) is 3.17. The number of aliphatic hydroxyl groups is 6. The van der Waals surface area contributed by atoms with Crippen molar-refractivity contribution in [2.75, 3.05) is 52.9 Å². The van der Waals surface area contributed by atoms with Crippen LogP contribution in [0.5, 0.6) is 0 Å². The summed E-state index contributed by atoms with van der Waals surface area (Å²) in [6, 6.07) is 10.3. The number of carboxylic acid groups (broad SMARTS) is 5. The summed E-state index contributed by atoms with van der Waals surface area (Å²) >= 11 is 0. The predicted octanol–water partition coefficient (Wildman–Crippen LogP) is 0.0116. The van der Waals surface area contributed by atoms with Crippen LogP contribution >= 0.6 is 0 Å². The van der Waals surface area contributed by atoms with Gasteiger partial charge in [-0.1, -0.05) is 68.8 Å². The van der Waals surface area contributed by atoms with Crippen molar-refractivity contribution in [1.29, 1.82) is 10.8 Å². The van der Waals surface area contributed by atoms with E-state index in [1.165, 1.54) is 5.56 Å². The van der Waals surface area contributed by atoms with E-state index < -0.39 is 80.3 Å². The Kier molecular flexibility index (Phi) is 63.4. The van der Waals surface area contributed by atoms with Gasteiger partial charge in [-0.3, -0.25) is 0 Å². The molecule has 0 saturated carbocycles. The van der Waals surface area contributed by atoms with Gasteiger partial charge in [-0.25, -0.2) is 44.4 Å². The number of ether oxygens (including phenoxy) is 1. The average molecular weight is 793 g/mol. The zero-order valence-corrected chi connectivity index (χ0v) is 30.2. The number of isocyanates is 2. The Balaban J connectivity index is -0.0000000818. The van der Waals surface area contributed by atoms with Gasteiger partial charge in [-0.05, 0) is 6.92 Å². The van der Waals surface area contributed by atoms with Gasteiger partial charge < -0.3 is 60.9 Å². The molecule has 0 aliphatic carbocycles. The first-order chi connectivity index (χ1) is 25.6. The standard InChI is InChI=1S/C10H22O7.C7H8.5C3H4O2.2CHNO/c11-1-9(2-12,3-13)7-17-8-10(4-14,5-15)6-16;1-7-5-3-2-4-6-7;5*1-2-3(4)5;2*2-1-3/h11-16H,1-8H2;2-6H,1H3;5*2H,1H2,(H,4,5);2*2H. The Morgan fingerprint density at radius 2 is 0.709 bits per heavy atom. The van der Waals surface area contributed by atoms with Crippen molar-refractivity contribution in [3.63, 3.8) is 0 Å². The van der Waals surface area contributed by atoms with Gasteiger partial charge in [0.1, 0.15) is 0 Å². The van der Waals surface area contributed by atoms with E-state index in [0.29, 0.717) is 0 Å². The van der Waals surface area contributed by atoms with Crippen molar-refractivity contribution >= 4 is 42.0 Å². The third-order valence-corrected chi connectivity index (χ3v) is 4.64. The summed E-state index contributed by atoms with van der Waals surface area (Å²) in [6.45, 7) is 13.9. The first kappa shape index (κ1) is 66.9. The molecule has 0 aromatic heterocycles. The molecule has 0 spiro atoms. The van der Waals surface area contributed by atoms with Gasteiger partial charge in [0.25, 0.3) is 0 Å². The highest BCUT2D eigenvalue weighted by Crippen LogP contribution is 2.19. The molecule has 1 aromatic carbocycles. The molecule has 13 N–H and O–H groups in total. The van der Waals surface area contributed by atoms with Gasteiger partial charge in [0.05, 0.1) is 63.7 Å². The lowest BCUT2D eigenvalue weighted by Crippen LogP contribution is -2.43. The predicted molar refractivity (Wildman–Crippen MR) is 195 cm³/mol. The molecule has 312 valence electrons. The summed E-state index contributed by atoms with van der Waals surface area (Å²) in [5.41, 5.74) is -0.999. The fourth-order valence-corrected chi connectivity index (χ4v) is 1.59. The Morgan fingerprint density at radius 3 is 0.800 bits per heavy atom. The third-order valence-electron chi connectivity index (χ3n) is 4.64. The van der Waals surface area contributed by atoms with E-state index in [2.05, 4.69) is 52.0 Å². The molecule has 0 radical (unpaired) electrons. The number of benzene rings is 1. The van der Waals surface area contributed by atoms with Crippen LogP contribution in [0, 0.1) is 28.6 Å². The lowest BCUT2D eigenvalue weighted by molar-refractivity contribution is -0.132. The lowest BCUT2D eigenvalue weighted by Gasteiger charge is -2.31. The Morgan fingerprint density at radius 1 is 0.545 bits per heavy atom. The second-order valence-corrected chi connectivity index (χ2v) is 9.01. The van der Waals surface area contributed by atoms with Gasteiger partial charge in [-0.2, -0.15) is 0 Å². The van der Waals surface area contributed by atoms with Crippen molar-refractivity contribution in [3.8, 4) is 0 Å². The Hall–Kier alpha value is -6.25. The maximum atomic E-state index is 9.25. The first-order valence-corrected chi connectivity index (χ1v) is 14.2. The number of nitrogens with one attached hydrogen (secondary N) is 2. The van der Waals surface area contributed by atoms with Gasteiger partial charge in [-0.15, -0.1) is 0 Å². The van der Waals surface area contributed by atoms with Crippen LogP contribution in [0.4, 0.5) is 0 Å². The molecule has 0 bridgehead atoms. The monoisotopic (exact) mass is 792 g/mol. The van der Waals surface area contributed by atoms with Gasteiger partial charge in [0, 0.05) is 30.4 Å². The van der Waals surface area contributed by atoms with Crippen molar-refractivity contribution in [2.45, 2.75) is 6.92 Å². The van der Waals surface area contributed by atoms with Crippen LogP contribution in [0.1, 0.15) is 5.56 Å². The number of carbonyl (C=O) groups excluding carboxylic acids is 2. The minimum absolute atomic E-state index is 0.141. The van der Waals surface area contributed by atoms with E-state index in [1.807, 2.05) is 18.2 Å². The third kappa shape index (κ3) is 70.1. The molecule has 0 saturated heterocycles. The van der Waals surface area contributed by atoms with Crippen LogP contribution < -0.4 is 0 Å². The highest BCUT2D eigenvalue weighted by atomic mass is 16.5. The van der Waals surface area contributed by atoms with Crippen molar-refractivity contribution in [3.05, 3.63) is 99.2 Å². The number of hydrogen-bond donors (Lipinski definition) is 13. The van der Waals surface area contributed by atoms with Crippen LogP contribution in [-0.2, 0) is 38.3 Å².